The van der Waals surface area contributed by atoms with Gasteiger partial charge in [-0.05, 0) is 26.7 Å². The van der Waals surface area contributed by atoms with E-state index < -0.39 is 0 Å². The molecule has 0 radical (unpaired) electrons. The molecule has 4 nitrogen and oxygen atoms in total. The van der Waals surface area contributed by atoms with Crippen LogP contribution < -0.4 is 5.73 Å². The van der Waals surface area contributed by atoms with Gasteiger partial charge in [0.25, 0.3) is 0 Å². The molecule has 0 aromatic rings. The Balaban J connectivity index is 2.53. The third-order valence-corrected chi connectivity index (χ3v) is 3.80. The van der Waals surface area contributed by atoms with E-state index in [2.05, 4.69) is 6.07 Å². The third-order valence-electron chi connectivity index (χ3n) is 3.80. The van der Waals surface area contributed by atoms with Gasteiger partial charge in [0, 0.05) is 25.0 Å². The molecular formula is C14H25N3O. The number of nitriles is 1. The first-order valence-electron chi connectivity index (χ1n) is 6.97. The highest BCUT2D eigenvalue weighted by molar-refractivity contribution is 5.77. The molecule has 0 spiro atoms. The summed E-state index contributed by atoms with van der Waals surface area (Å²) in [6, 6.07) is 2.17. The fourth-order valence-electron chi connectivity index (χ4n) is 2.62. The van der Waals surface area contributed by atoms with Crippen LogP contribution in [0.4, 0.5) is 0 Å². The van der Waals surface area contributed by atoms with Gasteiger partial charge in [0.1, 0.15) is 0 Å². The van der Waals surface area contributed by atoms with Gasteiger partial charge in [0.2, 0.25) is 5.91 Å². The SMILES string of the molecule is CCN(CC(C)C#N)C(=O)CC1(N)CCCCC1. The maximum absolute atomic E-state index is 12.2. The van der Waals surface area contributed by atoms with E-state index in [0.717, 1.165) is 25.7 Å². The van der Waals surface area contributed by atoms with Crippen molar-refractivity contribution in [3.05, 3.63) is 0 Å². The molecule has 1 rings (SSSR count). The molecule has 1 unspecified atom stereocenters. The van der Waals surface area contributed by atoms with Crippen LogP contribution in [0.1, 0.15) is 52.4 Å². The van der Waals surface area contributed by atoms with Crippen molar-refractivity contribution in [2.75, 3.05) is 13.1 Å². The minimum absolute atomic E-state index is 0.101. The van der Waals surface area contributed by atoms with Crippen molar-refractivity contribution in [1.82, 2.24) is 4.90 Å². The smallest absolute Gasteiger partial charge is 0.224 e. The van der Waals surface area contributed by atoms with E-state index >= 15 is 0 Å². The van der Waals surface area contributed by atoms with Gasteiger partial charge in [-0.2, -0.15) is 5.26 Å². The van der Waals surface area contributed by atoms with Crippen molar-refractivity contribution in [2.45, 2.75) is 57.9 Å². The lowest BCUT2D eigenvalue weighted by Gasteiger charge is -2.35. The average Bonchev–Trinajstić information content (AvgIpc) is 2.35. The number of amides is 1. The number of carbonyl (C=O) groups excluding carboxylic acids is 1. The quantitative estimate of drug-likeness (QED) is 0.813. The summed E-state index contributed by atoms with van der Waals surface area (Å²) >= 11 is 0. The second-order valence-corrected chi connectivity index (χ2v) is 5.56. The van der Waals surface area contributed by atoms with Crippen LogP contribution in [0.2, 0.25) is 0 Å². The van der Waals surface area contributed by atoms with E-state index in [1.165, 1.54) is 6.42 Å². The van der Waals surface area contributed by atoms with Crippen molar-refractivity contribution in [1.29, 1.82) is 5.26 Å². The summed E-state index contributed by atoms with van der Waals surface area (Å²) < 4.78 is 0. The molecule has 1 atom stereocenters. The highest BCUT2D eigenvalue weighted by atomic mass is 16.2. The zero-order valence-corrected chi connectivity index (χ0v) is 11.6. The molecule has 1 amide bonds. The van der Waals surface area contributed by atoms with Crippen molar-refractivity contribution < 1.29 is 4.79 Å². The van der Waals surface area contributed by atoms with Crippen LogP contribution in [0.15, 0.2) is 0 Å². The number of nitrogens with zero attached hydrogens (tertiary/aromatic N) is 2. The zero-order valence-electron chi connectivity index (χ0n) is 11.6. The summed E-state index contributed by atoms with van der Waals surface area (Å²) in [6.45, 7) is 4.96. The minimum atomic E-state index is -0.307. The van der Waals surface area contributed by atoms with E-state index in [4.69, 9.17) is 11.0 Å². The Morgan fingerprint density at radius 1 is 1.44 bits per heavy atom. The Kier molecular flexibility index (Phi) is 5.61. The number of hydrogen-bond donors (Lipinski definition) is 1. The lowest BCUT2D eigenvalue weighted by Crippen LogP contribution is -2.47. The Morgan fingerprint density at radius 2 is 2.06 bits per heavy atom. The lowest BCUT2D eigenvalue weighted by molar-refractivity contribution is -0.133. The summed E-state index contributed by atoms with van der Waals surface area (Å²) in [6.07, 6.45) is 5.82. The average molecular weight is 251 g/mol. The fraction of sp³-hybridized carbons (Fsp3) is 0.857. The fourth-order valence-corrected chi connectivity index (χ4v) is 2.62. The van der Waals surface area contributed by atoms with Gasteiger partial charge in [0.15, 0.2) is 0 Å². The number of nitrogens with two attached hydrogens (primary N) is 1. The standard InChI is InChI=1S/C14H25N3O/c1-3-17(11-12(2)10-15)13(18)9-14(16)7-5-4-6-8-14/h12H,3-9,11,16H2,1-2H3. The summed E-state index contributed by atoms with van der Waals surface area (Å²) in [5.74, 6) is -0.0158. The second-order valence-electron chi connectivity index (χ2n) is 5.56. The maximum atomic E-state index is 12.2. The molecule has 0 saturated heterocycles. The van der Waals surface area contributed by atoms with Crippen molar-refractivity contribution >= 4 is 5.91 Å². The van der Waals surface area contributed by atoms with E-state index in [-0.39, 0.29) is 17.4 Å². The first-order chi connectivity index (χ1) is 8.50. The van der Waals surface area contributed by atoms with Crippen molar-refractivity contribution in [3.63, 3.8) is 0 Å². The van der Waals surface area contributed by atoms with Crippen LogP contribution in [0, 0.1) is 17.2 Å². The van der Waals surface area contributed by atoms with Crippen molar-refractivity contribution in [3.8, 4) is 6.07 Å². The monoisotopic (exact) mass is 251 g/mol. The van der Waals surface area contributed by atoms with Gasteiger partial charge in [-0.3, -0.25) is 4.79 Å². The van der Waals surface area contributed by atoms with Gasteiger partial charge >= 0.3 is 0 Å². The maximum Gasteiger partial charge on any atom is 0.224 e. The molecule has 0 aliphatic heterocycles. The largest absolute Gasteiger partial charge is 0.342 e. The number of carbonyl (C=O) groups is 1. The van der Waals surface area contributed by atoms with Gasteiger partial charge in [-0.1, -0.05) is 19.3 Å². The first kappa shape index (κ1) is 15.0. The van der Waals surface area contributed by atoms with E-state index in [1.807, 2.05) is 13.8 Å². The lowest BCUT2D eigenvalue weighted by atomic mass is 9.80. The third kappa shape index (κ3) is 4.30. The van der Waals surface area contributed by atoms with E-state index in [1.54, 1.807) is 4.90 Å². The molecular weight excluding hydrogens is 226 g/mol. The molecule has 2 N–H and O–H groups in total. The highest BCUT2D eigenvalue weighted by Gasteiger charge is 2.31. The summed E-state index contributed by atoms with van der Waals surface area (Å²) in [5.41, 5.74) is 6.00. The summed E-state index contributed by atoms with van der Waals surface area (Å²) in [4.78, 5) is 14.0. The predicted octanol–water partition coefficient (Wildman–Crippen LogP) is 2.05. The molecule has 1 fully saturated rings. The molecule has 18 heavy (non-hydrogen) atoms. The first-order valence-corrected chi connectivity index (χ1v) is 6.97. The Hall–Kier alpha value is -1.08. The molecule has 0 aromatic carbocycles. The predicted molar refractivity (Wildman–Crippen MR) is 71.7 cm³/mol. The Morgan fingerprint density at radius 3 is 2.56 bits per heavy atom. The van der Waals surface area contributed by atoms with E-state index in [9.17, 15) is 4.79 Å². The molecule has 4 heteroatoms. The number of rotatable bonds is 5. The molecule has 1 saturated carbocycles. The molecule has 0 heterocycles. The topological polar surface area (TPSA) is 70.1 Å². The molecule has 0 bridgehead atoms. The zero-order chi connectivity index (χ0) is 13.6. The van der Waals surface area contributed by atoms with Crippen LogP contribution >= 0.6 is 0 Å². The summed E-state index contributed by atoms with van der Waals surface area (Å²) in [7, 11) is 0. The minimum Gasteiger partial charge on any atom is -0.342 e. The van der Waals surface area contributed by atoms with Gasteiger partial charge in [0.05, 0.1) is 12.0 Å². The van der Waals surface area contributed by atoms with Crippen molar-refractivity contribution in [2.24, 2.45) is 11.7 Å². The van der Waals surface area contributed by atoms with Crippen LogP contribution in [0.3, 0.4) is 0 Å². The van der Waals surface area contributed by atoms with Gasteiger partial charge in [-0.15, -0.1) is 0 Å². The van der Waals surface area contributed by atoms with Gasteiger partial charge in [-0.25, -0.2) is 0 Å². The van der Waals surface area contributed by atoms with Crippen LogP contribution in [0.5, 0.6) is 0 Å². The Bertz CT molecular complexity index is 315. The van der Waals surface area contributed by atoms with Crippen LogP contribution in [-0.2, 0) is 4.79 Å². The van der Waals surface area contributed by atoms with E-state index in [0.29, 0.717) is 19.5 Å². The number of hydrogen-bond acceptors (Lipinski definition) is 3. The Labute approximate surface area is 110 Å². The molecule has 0 aromatic heterocycles. The second kappa shape index (κ2) is 6.75. The normalized spacial score (nSPS) is 19.9. The highest BCUT2D eigenvalue weighted by Crippen LogP contribution is 2.29. The van der Waals surface area contributed by atoms with Gasteiger partial charge < -0.3 is 10.6 Å². The molecule has 1 aliphatic carbocycles. The van der Waals surface area contributed by atoms with Crippen LogP contribution in [-0.4, -0.2) is 29.4 Å². The van der Waals surface area contributed by atoms with Crippen LogP contribution in [0.25, 0.3) is 0 Å². The summed E-state index contributed by atoms with van der Waals surface area (Å²) in [5, 5.41) is 8.82. The molecule has 102 valence electrons. The molecule has 1 aliphatic rings.